The SMILES string of the molecule is ClC1=C2C=CNC2NCN1I. The van der Waals surface area contributed by atoms with Crippen LogP contribution < -0.4 is 10.6 Å². The van der Waals surface area contributed by atoms with E-state index in [4.69, 9.17) is 11.6 Å². The molecule has 0 aromatic carbocycles. The summed E-state index contributed by atoms with van der Waals surface area (Å²) in [5, 5.41) is 7.22. The number of hydrogen-bond donors (Lipinski definition) is 2. The summed E-state index contributed by atoms with van der Waals surface area (Å²) < 4.78 is 1.95. The molecule has 1 unspecified atom stereocenters. The standard InChI is InChI=1S/C6H7ClIN3/c7-5-4-1-2-9-6(4)10-3-11(5)8/h1-2,6,9-10H,3H2. The van der Waals surface area contributed by atoms with Crippen molar-refractivity contribution in [2.45, 2.75) is 6.17 Å². The fourth-order valence-corrected chi connectivity index (χ4v) is 1.87. The Kier molecular flexibility index (Phi) is 1.98. The second-order valence-corrected chi connectivity index (χ2v) is 3.93. The van der Waals surface area contributed by atoms with Crippen LogP contribution in [0.5, 0.6) is 0 Å². The zero-order valence-corrected chi connectivity index (χ0v) is 8.56. The normalized spacial score (nSPS) is 28.9. The highest BCUT2D eigenvalue weighted by Crippen LogP contribution is 2.26. The fourth-order valence-electron chi connectivity index (χ4n) is 1.16. The summed E-state index contributed by atoms with van der Waals surface area (Å²) in [5.74, 6) is 0. The lowest BCUT2D eigenvalue weighted by molar-refractivity contribution is 0.438. The molecule has 0 spiro atoms. The van der Waals surface area contributed by atoms with Gasteiger partial charge in [0, 0.05) is 5.57 Å². The van der Waals surface area contributed by atoms with E-state index in [9.17, 15) is 0 Å². The molecule has 0 bridgehead atoms. The monoisotopic (exact) mass is 283 g/mol. The molecule has 60 valence electrons. The Morgan fingerprint density at radius 1 is 1.73 bits per heavy atom. The van der Waals surface area contributed by atoms with Gasteiger partial charge in [0.25, 0.3) is 0 Å². The molecule has 0 saturated carbocycles. The van der Waals surface area contributed by atoms with Gasteiger partial charge in [0.15, 0.2) is 0 Å². The van der Waals surface area contributed by atoms with Crippen LogP contribution in [0.3, 0.4) is 0 Å². The molecule has 0 saturated heterocycles. The van der Waals surface area contributed by atoms with Gasteiger partial charge in [-0.25, -0.2) is 0 Å². The Hall–Kier alpha value is 0.0600. The molecule has 0 amide bonds. The van der Waals surface area contributed by atoms with E-state index in [1.165, 1.54) is 0 Å². The number of halogens is 2. The molecule has 1 atom stereocenters. The second-order valence-electron chi connectivity index (χ2n) is 2.40. The van der Waals surface area contributed by atoms with Crippen LogP contribution in [-0.2, 0) is 0 Å². The summed E-state index contributed by atoms with van der Waals surface area (Å²) in [5.41, 5.74) is 1.12. The van der Waals surface area contributed by atoms with Gasteiger partial charge < -0.3 is 5.32 Å². The molecule has 2 rings (SSSR count). The third kappa shape index (κ3) is 1.23. The average Bonchev–Trinajstić information content (AvgIpc) is 2.45. The van der Waals surface area contributed by atoms with E-state index in [0.717, 1.165) is 17.4 Å². The van der Waals surface area contributed by atoms with Gasteiger partial charge in [0.2, 0.25) is 0 Å². The summed E-state index contributed by atoms with van der Waals surface area (Å²) in [7, 11) is 0. The first-order valence-electron chi connectivity index (χ1n) is 3.28. The predicted octanol–water partition coefficient (Wildman–Crippen LogP) is 1.09. The molecule has 2 heterocycles. The first-order chi connectivity index (χ1) is 5.29. The van der Waals surface area contributed by atoms with Crippen molar-refractivity contribution in [3.63, 3.8) is 0 Å². The molecule has 0 aromatic rings. The van der Waals surface area contributed by atoms with Crippen molar-refractivity contribution in [3.8, 4) is 0 Å². The largest absolute Gasteiger partial charge is 0.372 e. The number of fused-ring (bicyclic) bond motifs is 1. The Bertz CT molecular complexity index is 238. The maximum absolute atomic E-state index is 6.03. The van der Waals surface area contributed by atoms with Gasteiger partial charge in [-0.3, -0.25) is 8.43 Å². The van der Waals surface area contributed by atoms with E-state index in [-0.39, 0.29) is 6.17 Å². The molecule has 11 heavy (non-hydrogen) atoms. The summed E-state index contributed by atoms with van der Waals surface area (Å²) >= 11 is 8.21. The summed E-state index contributed by atoms with van der Waals surface area (Å²) in [6.45, 7) is 0.780. The van der Waals surface area contributed by atoms with E-state index in [1.807, 2.05) is 15.4 Å². The summed E-state index contributed by atoms with van der Waals surface area (Å²) in [6.07, 6.45) is 4.12. The fraction of sp³-hybridized carbons (Fsp3) is 0.333. The number of nitrogens with one attached hydrogen (secondary N) is 2. The molecule has 0 radical (unpaired) electrons. The molecule has 2 aliphatic heterocycles. The van der Waals surface area contributed by atoms with Crippen LogP contribution in [0.4, 0.5) is 0 Å². The Morgan fingerprint density at radius 3 is 3.36 bits per heavy atom. The van der Waals surface area contributed by atoms with Crippen LogP contribution in [0.1, 0.15) is 0 Å². The van der Waals surface area contributed by atoms with Gasteiger partial charge in [0.1, 0.15) is 11.3 Å². The van der Waals surface area contributed by atoms with Gasteiger partial charge in [0.05, 0.1) is 29.5 Å². The van der Waals surface area contributed by atoms with Crippen molar-refractivity contribution in [1.29, 1.82) is 0 Å². The second kappa shape index (κ2) is 2.84. The average molecular weight is 284 g/mol. The third-order valence-corrected chi connectivity index (χ3v) is 3.25. The van der Waals surface area contributed by atoms with Crippen LogP contribution in [0.25, 0.3) is 0 Å². The number of nitrogens with zero attached hydrogens (tertiary/aromatic N) is 1. The lowest BCUT2D eigenvalue weighted by atomic mass is 10.2. The summed E-state index contributed by atoms with van der Waals surface area (Å²) in [4.78, 5) is 0. The minimum Gasteiger partial charge on any atom is -0.372 e. The van der Waals surface area contributed by atoms with Crippen LogP contribution >= 0.6 is 34.5 Å². The van der Waals surface area contributed by atoms with E-state index in [2.05, 4.69) is 33.5 Å². The Labute approximate surface area is 84.0 Å². The molecule has 0 aliphatic carbocycles. The van der Waals surface area contributed by atoms with Crippen molar-refractivity contribution in [1.82, 2.24) is 13.7 Å². The van der Waals surface area contributed by atoms with E-state index in [1.54, 1.807) is 0 Å². The van der Waals surface area contributed by atoms with Gasteiger partial charge in [-0.1, -0.05) is 11.6 Å². The zero-order chi connectivity index (χ0) is 7.84. The first kappa shape index (κ1) is 7.70. The maximum Gasteiger partial charge on any atom is 0.121 e. The highest BCUT2D eigenvalue weighted by Gasteiger charge is 2.25. The molecule has 3 nitrogen and oxygen atoms in total. The topological polar surface area (TPSA) is 27.3 Å². The summed E-state index contributed by atoms with van der Waals surface area (Å²) in [6, 6.07) is 0. The van der Waals surface area contributed by atoms with Crippen molar-refractivity contribution >= 4 is 34.5 Å². The first-order valence-corrected chi connectivity index (χ1v) is 4.62. The van der Waals surface area contributed by atoms with Crippen molar-refractivity contribution in [2.75, 3.05) is 6.67 Å². The molecule has 0 fully saturated rings. The highest BCUT2D eigenvalue weighted by molar-refractivity contribution is 14.1. The highest BCUT2D eigenvalue weighted by atomic mass is 127. The number of rotatable bonds is 0. The van der Waals surface area contributed by atoms with Gasteiger partial charge in [-0.05, 0) is 12.3 Å². The Morgan fingerprint density at radius 2 is 2.55 bits per heavy atom. The van der Waals surface area contributed by atoms with Crippen LogP contribution in [0.15, 0.2) is 23.0 Å². The van der Waals surface area contributed by atoms with Crippen LogP contribution in [-0.4, -0.2) is 15.9 Å². The van der Waals surface area contributed by atoms with Crippen molar-refractivity contribution in [3.05, 3.63) is 23.0 Å². The van der Waals surface area contributed by atoms with Gasteiger partial charge in [-0.15, -0.1) is 0 Å². The molecule has 5 heteroatoms. The van der Waals surface area contributed by atoms with Crippen molar-refractivity contribution in [2.24, 2.45) is 0 Å². The predicted molar refractivity (Wildman–Crippen MR) is 52.8 cm³/mol. The third-order valence-electron chi connectivity index (χ3n) is 1.72. The number of hydrogen-bond acceptors (Lipinski definition) is 3. The minimum absolute atomic E-state index is 0.216. The Balaban J connectivity index is 2.34. The smallest absolute Gasteiger partial charge is 0.121 e. The molecule has 2 aliphatic rings. The zero-order valence-electron chi connectivity index (χ0n) is 5.64. The molecular formula is C6H7ClIN3. The van der Waals surface area contributed by atoms with Crippen LogP contribution in [0, 0.1) is 0 Å². The van der Waals surface area contributed by atoms with Crippen molar-refractivity contribution < 1.29 is 0 Å². The quantitative estimate of drug-likeness (QED) is 0.396. The van der Waals surface area contributed by atoms with E-state index >= 15 is 0 Å². The maximum atomic E-state index is 6.03. The van der Waals surface area contributed by atoms with Gasteiger partial charge >= 0.3 is 0 Å². The van der Waals surface area contributed by atoms with E-state index < -0.39 is 0 Å². The molecule has 0 aromatic heterocycles. The van der Waals surface area contributed by atoms with E-state index in [0.29, 0.717) is 0 Å². The van der Waals surface area contributed by atoms with Gasteiger partial charge in [-0.2, -0.15) is 0 Å². The van der Waals surface area contributed by atoms with Crippen LogP contribution in [0.2, 0.25) is 0 Å². The lowest BCUT2D eigenvalue weighted by Gasteiger charge is -2.28. The molecular weight excluding hydrogens is 276 g/mol. The lowest BCUT2D eigenvalue weighted by Crippen LogP contribution is -2.46. The minimum atomic E-state index is 0.216. The molecule has 2 N–H and O–H groups in total.